The predicted molar refractivity (Wildman–Crippen MR) is 300 cm³/mol. The highest BCUT2D eigenvalue weighted by molar-refractivity contribution is 6.47. The number of nitrogens with one attached hydrogen (secondary N) is 4. The first-order valence-electron chi connectivity index (χ1n) is 28.5. The first-order chi connectivity index (χ1) is 36.9. The second kappa shape index (κ2) is 26.9. The van der Waals surface area contributed by atoms with E-state index in [2.05, 4.69) is 49.0 Å². The van der Waals surface area contributed by atoms with Crippen molar-refractivity contribution in [1.29, 1.82) is 0 Å². The molecule has 1 saturated heterocycles. The van der Waals surface area contributed by atoms with E-state index in [9.17, 15) is 24.0 Å². The van der Waals surface area contributed by atoms with Crippen LogP contribution in [0.3, 0.4) is 0 Å². The number of nitrogens with zero attached hydrogens (tertiary/aromatic N) is 1. The van der Waals surface area contributed by atoms with Gasteiger partial charge in [0.25, 0.3) is 5.91 Å². The van der Waals surface area contributed by atoms with Gasteiger partial charge in [0, 0.05) is 30.2 Å². The number of carbonyl (C=O) groups excluding carboxylic acids is 5. The van der Waals surface area contributed by atoms with Crippen molar-refractivity contribution in [2.24, 2.45) is 34.5 Å². The predicted octanol–water partition coefficient (Wildman–Crippen LogP) is 6.07. The zero-order chi connectivity index (χ0) is 55.4. The van der Waals surface area contributed by atoms with Crippen molar-refractivity contribution in [3.05, 3.63) is 82.9 Å². The lowest BCUT2D eigenvalue weighted by Gasteiger charge is -2.64. The van der Waals surface area contributed by atoms with E-state index in [-0.39, 0.29) is 37.5 Å². The van der Waals surface area contributed by atoms with Gasteiger partial charge in [-0.2, -0.15) is 0 Å². The van der Waals surface area contributed by atoms with Gasteiger partial charge in [-0.15, -0.1) is 0 Å². The van der Waals surface area contributed by atoms with Crippen LogP contribution in [0, 0.1) is 17.3 Å². The number of likely N-dealkylation sites (N-methyl/N-ethyl adjacent to an activating group) is 1. The number of amides is 5. The third-order valence-corrected chi connectivity index (χ3v) is 16.8. The van der Waals surface area contributed by atoms with Gasteiger partial charge in [0.2, 0.25) is 23.6 Å². The second-order valence-electron chi connectivity index (χ2n) is 22.7. The highest BCUT2D eigenvalue weighted by Gasteiger charge is 2.68. The summed E-state index contributed by atoms with van der Waals surface area (Å²) in [5.41, 5.74) is 21.2. The topological polar surface area (TPSA) is 252 Å². The Labute approximate surface area is 457 Å². The summed E-state index contributed by atoms with van der Waals surface area (Å²) in [6.07, 6.45) is 11.7. The van der Waals surface area contributed by atoms with Crippen LogP contribution in [-0.2, 0) is 41.3 Å². The molecule has 420 valence electrons. The summed E-state index contributed by atoms with van der Waals surface area (Å²) >= 11 is 0. The van der Waals surface area contributed by atoms with Gasteiger partial charge in [-0.1, -0.05) is 77.1 Å². The minimum absolute atomic E-state index is 0.0634. The molecule has 3 saturated carbocycles. The van der Waals surface area contributed by atoms with Crippen LogP contribution in [0.5, 0.6) is 11.5 Å². The van der Waals surface area contributed by atoms with E-state index in [1.807, 2.05) is 37.3 Å². The van der Waals surface area contributed by atoms with Crippen LogP contribution in [0.15, 0.2) is 60.7 Å². The molecule has 77 heavy (non-hydrogen) atoms. The molecule has 18 heteroatoms. The Morgan fingerprint density at radius 2 is 1.45 bits per heavy atom. The van der Waals surface area contributed by atoms with E-state index in [0.717, 1.165) is 37.7 Å². The molecule has 5 aliphatic rings. The minimum atomic E-state index is -1.34. The molecule has 0 aromatic heterocycles. The number of fused-ring (bicyclic) bond motifs is 5. The number of aryl methyl sites for hydroxylation is 1. The van der Waals surface area contributed by atoms with E-state index in [4.69, 9.17) is 36.0 Å². The number of hydrogen-bond donors (Lipinski definition) is 7. The summed E-state index contributed by atoms with van der Waals surface area (Å²) in [6.45, 7) is 13.9. The average molecular weight is 1060 g/mol. The Kier molecular flexibility index (Phi) is 20.7. The molecule has 0 unspecified atom stereocenters. The summed E-state index contributed by atoms with van der Waals surface area (Å²) < 4.78 is 26.0. The number of benzene rings is 3. The summed E-state index contributed by atoms with van der Waals surface area (Å²) in [7, 11) is 0.800. The van der Waals surface area contributed by atoms with Gasteiger partial charge in [0.1, 0.15) is 35.7 Å². The molecule has 5 amide bonds. The Morgan fingerprint density at radius 1 is 0.805 bits per heavy atom. The van der Waals surface area contributed by atoms with Crippen LogP contribution in [0.1, 0.15) is 152 Å². The van der Waals surface area contributed by atoms with E-state index < -0.39 is 72.4 Å². The lowest BCUT2D eigenvalue weighted by atomic mass is 9.43. The standard InChI is InChI=1S/C59H87BN8O9/c1-8-9-10-11-12-13-17-39-19-22-41(23-20-39)54(70)66-46(18-14-27-61)57(73)68(7)52-42-24-26-49(75-31-16-29-63)45(34-42)44-32-40(21-25-48(44)74-30-15-28-62)33-47(67-53(69)37(2)64-56(52)72)55(71)65-38(3)60-76-51-36-43-35-50(58(43,4)5)59(51,6)77-60/h19-26,32,34,37-38,43,46-47,50-52H,8-18,27-31,33,35-36,61-63H2,1-7H3,(H,64,72)(H,65,71)(H,66,70)(H,67,69)/t37-,38-,43-,46-,47-,50-,51+,52-,59-/m0/s1. The maximum atomic E-state index is 15.0. The number of ether oxygens (including phenoxy) is 2. The highest BCUT2D eigenvalue weighted by Crippen LogP contribution is 2.65. The van der Waals surface area contributed by atoms with Crippen molar-refractivity contribution in [3.8, 4) is 22.6 Å². The van der Waals surface area contributed by atoms with Crippen LogP contribution in [0.2, 0.25) is 0 Å². The Hall–Kier alpha value is -5.53. The largest absolute Gasteiger partial charge is 0.493 e. The van der Waals surface area contributed by atoms with Crippen LogP contribution in [-0.4, -0.2) is 117 Å². The maximum Gasteiger partial charge on any atom is 0.481 e. The molecule has 3 aromatic carbocycles. The number of unbranched alkanes of at least 4 members (excludes halogenated alkanes) is 5. The molecular formula is C59H87BN8O9. The summed E-state index contributed by atoms with van der Waals surface area (Å²) in [5, 5.41) is 11.8. The molecule has 2 aliphatic heterocycles. The monoisotopic (exact) mass is 1060 g/mol. The van der Waals surface area contributed by atoms with Crippen LogP contribution < -0.4 is 47.9 Å². The zero-order valence-electron chi connectivity index (χ0n) is 46.8. The van der Waals surface area contributed by atoms with Crippen molar-refractivity contribution in [2.75, 3.05) is 39.9 Å². The Bertz CT molecular complexity index is 2510. The SMILES string of the molecule is CCCCCCCCc1ccc(C(=O)N[C@@H](CCCN)C(=O)N(C)[C@@H]2C(=O)N[C@@H](C)C(=O)N[C@H](C(=O)N[C@@H](C)B3O[C@@H]4C[C@@H]5C[C@@H](C5(C)C)[C@]4(C)O3)Cc3ccc(OCCCN)c(c3)-c3cc2ccc3OCCCN)cc1. The first-order valence-corrected chi connectivity index (χ1v) is 28.5. The summed E-state index contributed by atoms with van der Waals surface area (Å²) in [6, 6.07) is 13.6. The average Bonchev–Trinajstić information content (AvgIpc) is 4.00. The van der Waals surface area contributed by atoms with E-state index in [1.54, 1.807) is 30.3 Å². The molecule has 9 atom stereocenters. The molecule has 4 fully saturated rings. The fourth-order valence-electron chi connectivity index (χ4n) is 11.9. The quantitative estimate of drug-likeness (QED) is 0.0378. The Balaban J connectivity index is 1.19. The van der Waals surface area contributed by atoms with Gasteiger partial charge >= 0.3 is 7.12 Å². The Morgan fingerprint density at radius 3 is 2.12 bits per heavy atom. The molecule has 6 bridgehead atoms. The number of carbonyl (C=O) groups is 5. The molecule has 10 N–H and O–H groups in total. The fourth-order valence-corrected chi connectivity index (χ4v) is 11.9. The van der Waals surface area contributed by atoms with Crippen LogP contribution in [0.25, 0.3) is 11.1 Å². The minimum Gasteiger partial charge on any atom is -0.493 e. The van der Waals surface area contributed by atoms with Crippen LogP contribution >= 0.6 is 0 Å². The molecule has 3 aromatic rings. The zero-order valence-corrected chi connectivity index (χ0v) is 46.8. The van der Waals surface area contributed by atoms with Gasteiger partial charge in [0.05, 0.1) is 30.9 Å². The lowest BCUT2D eigenvalue weighted by molar-refractivity contribution is -0.199. The number of nitrogens with two attached hydrogens (primary N) is 3. The number of rotatable bonds is 25. The van der Waals surface area contributed by atoms with Gasteiger partial charge in [-0.25, -0.2) is 0 Å². The molecule has 3 aliphatic carbocycles. The van der Waals surface area contributed by atoms with E-state index in [0.29, 0.717) is 90.1 Å². The lowest BCUT2D eigenvalue weighted by Crippen LogP contribution is -2.65. The third-order valence-electron chi connectivity index (χ3n) is 16.8. The molecular weight excluding hydrogens is 976 g/mol. The van der Waals surface area contributed by atoms with Gasteiger partial charge < -0.3 is 62.2 Å². The van der Waals surface area contributed by atoms with E-state index >= 15 is 0 Å². The third kappa shape index (κ3) is 14.0. The maximum absolute atomic E-state index is 15.0. The van der Waals surface area contributed by atoms with Crippen molar-refractivity contribution < 1.29 is 42.8 Å². The van der Waals surface area contributed by atoms with E-state index in [1.165, 1.54) is 44.6 Å². The second-order valence-corrected chi connectivity index (χ2v) is 22.7. The van der Waals surface area contributed by atoms with Crippen molar-refractivity contribution in [2.45, 2.75) is 173 Å². The van der Waals surface area contributed by atoms with Gasteiger partial charge in [0.15, 0.2) is 0 Å². The molecule has 17 nitrogen and oxygen atoms in total. The van der Waals surface area contributed by atoms with Gasteiger partial charge in [-0.3, -0.25) is 24.0 Å². The summed E-state index contributed by atoms with van der Waals surface area (Å²) in [4.78, 5) is 74.1. The number of hydrogen-bond acceptors (Lipinski definition) is 12. The van der Waals surface area contributed by atoms with Gasteiger partial charge in [-0.05, 0) is 162 Å². The summed E-state index contributed by atoms with van der Waals surface area (Å²) in [5.74, 6) is -1.50. The fraction of sp³-hybridized carbons (Fsp3) is 0.610. The molecule has 0 radical (unpaired) electrons. The molecule has 8 rings (SSSR count). The highest BCUT2D eigenvalue weighted by atomic mass is 16.7. The first kappa shape index (κ1) is 59.1. The smallest absolute Gasteiger partial charge is 0.481 e. The van der Waals surface area contributed by atoms with Crippen molar-refractivity contribution in [3.63, 3.8) is 0 Å². The molecule has 2 heterocycles. The van der Waals surface area contributed by atoms with Crippen molar-refractivity contribution in [1.82, 2.24) is 26.2 Å². The normalized spacial score (nSPS) is 24.2. The van der Waals surface area contributed by atoms with Crippen LogP contribution in [0.4, 0.5) is 0 Å². The van der Waals surface area contributed by atoms with Crippen molar-refractivity contribution >= 4 is 36.7 Å². The molecule has 0 spiro atoms.